The van der Waals surface area contributed by atoms with E-state index < -0.39 is 0 Å². The monoisotopic (exact) mass is 361 g/mol. The van der Waals surface area contributed by atoms with E-state index in [-0.39, 0.29) is 30.5 Å². The fraction of sp³-hybridized carbons (Fsp3) is 0.125. The smallest absolute Gasteiger partial charge is 0.322 e. The Morgan fingerprint density at radius 2 is 1.92 bits per heavy atom. The summed E-state index contributed by atoms with van der Waals surface area (Å²) >= 11 is 7.28. The van der Waals surface area contributed by atoms with Crippen LogP contribution >= 0.6 is 22.9 Å². The molecule has 3 aromatic rings. The number of nitrogens with one attached hydrogen (secondary N) is 1. The largest absolute Gasteiger partial charge is 0.403 e. The lowest BCUT2D eigenvalue weighted by atomic mass is 10.1. The molecule has 0 atom stereocenters. The van der Waals surface area contributed by atoms with Crippen LogP contribution < -0.4 is 5.32 Å². The molecule has 0 spiro atoms. The summed E-state index contributed by atoms with van der Waals surface area (Å²) in [6, 6.07) is 8.40. The van der Waals surface area contributed by atoms with Gasteiger partial charge in [-0.05, 0) is 35.7 Å². The second-order valence-electron chi connectivity index (χ2n) is 4.90. The average molecular weight is 362 g/mol. The molecule has 0 saturated heterocycles. The van der Waals surface area contributed by atoms with E-state index in [1.165, 1.54) is 11.3 Å². The Labute approximate surface area is 146 Å². The van der Waals surface area contributed by atoms with Gasteiger partial charge in [0.1, 0.15) is 0 Å². The van der Waals surface area contributed by atoms with Crippen molar-refractivity contribution in [2.75, 3.05) is 5.32 Å². The molecule has 0 unspecified atom stereocenters. The van der Waals surface area contributed by atoms with Crippen LogP contribution in [0, 0.1) is 0 Å². The molecule has 1 N–H and O–H groups in total. The van der Waals surface area contributed by atoms with Crippen LogP contribution in [0.5, 0.6) is 0 Å². The zero-order valence-electron chi connectivity index (χ0n) is 12.4. The van der Waals surface area contributed by atoms with E-state index in [1.54, 1.807) is 24.3 Å². The lowest BCUT2D eigenvalue weighted by Crippen LogP contribution is -2.13. The number of thiophene rings is 1. The minimum Gasteiger partial charge on any atom is -0.403 e. The van der Waals surface area contributed by atoms with Crippen molar-refractivity contribution in [2.45, 2.75) is 12.8 Å². The summed E-state index contributed by atoms with van der Waals surface area (Å²) in [7, 11) is 0. The van der Waals surface area contributed by atoms with Gasteiger partial charge in [-0.15, -0.1) is 5.10 Å². The van der Waals surface area contributed by atoms with Gasteiger partial charge in [-0.3, -0.25) is 14.9 Å². The normalized spacial score (nSPS) is 10.5. The van der Waals surface area contributed by atoms with Gasteiger partial charge in [0.15, 0.2) is 5.78 Å². The number of carbonyl (C=O) groups is 2. The van der Waals surface area contributed by atoms with Gasteiger partial charge in [-0.25, -0.2) is 0 Å². The number of carbonyl (C=O) groups excluding carboxylic acids is 2. The van der Waals surface area contributed by atoms with Crippen LogP contribution in [-0.2, 0) is 4.79 Å². The van der Waals surface area contributed by atoms with Crippen LogP contribution in [0.1, 0.15) is 23.2 Å². The van der Waals surface area contributed by atoms with Gasteiger partial charge in [-0.1, -0.05) is 16.7 Å². The third kappa shape index (κ3) is 4.06. The zero-order valence-corrected chi connectivity index (χ0v) is 13.9. The van der Waals surface area contributed by atoms with E-state index in [1.807, 2.05) is 16.8 Å². The van der Waals surface area contributed by atoms with Crippen molar-refractivity contribution in [3.63, 3.8) is 0 Å². The summed E-state index contributed by atoms with van der Waals surface area (Å²) in [6.07, 6.45) is 0.108. The first kappa shape index (κ1) is 16.4. The molecule has 24 heavy (non-hydrogen) atoms. The number of hydrogen-bond donors (Lipinski definition) is 1. The Balaban J connectivity index is 1.52. The molecule has 0 aliphatic carbocycles. The highest BCUT2D eigenvalue weighted by Crippen LogP contribution is 2.22. The van der Waals surface area contributed by atoms with Gasteiger partial charge in [0.05, 0.1) is 0 Å². The Morgan fingerprint density at radius 3 is 2.62 bits per heavy atom. The number of amides is 1. The van der Waals surface area contributed by atoms with Gasteiger partial charge in [0.2, 0.25) is 5.91 Å². The number of hydrogen-bond acceptors (Lipinski definition) is 6. The molecule has 1 amide bonds. The Hall–Kier alpha value is -2.51. The fourth-order valence-corrected chi connectivity index (χ4v) is 2.72. The molecule has 0 aliphatic rings. The van der Waals surface area contributed by atoms with E-state index in [2.05, 4.69) is 15.5 Å². The molecular weight excluding hydrogens is 350 g/mol. The van der Waals surface area contributed by atoms with Crippen LogP contribution in [0.3, 0.4) is 0 Å². The zero-order chi connectivity index (χ0) is 16.9. The van der Waals surface area contributed by atoms with Crippen LogP contribution in [0.15, 0.2) is 45.5 Å². The van der Waals surface area contributed by atoms with E-state index in [0.717, 1.165) is 5.56 Å². The number of benzene rings is 1. The Bertz CT molecular complexity index is 844. The maximum absolute atomic E-state index is 12.0. The fourth-order valence-electron chi connectivity index (χ4n) is 1.97. The minimum absolute atomic E-state index is 0.0140. The first-order valence-electron chi connectivity index (χ1n) is 7.06. The first-order chi connectivity index (χ1) is 11.6. The molecule has 0 aliphatic heterocycles. The summed E-state index contributed by atoms with van der Waals surface area (Å²) < 4.78 is 5.36. The highest BCUT2D eigenvalue weighted by Gasteiger charge is 2.13. The summed E-state index contributed by atoms with van der Waals surface area (Å²) in [5, 5.41) is 14.4. The molecule has 2 aromatic heterocycles. The maximum atomic E-state index is 12.0. The number of nitrogens with zero attached hydrogens (tertiary/aromatic N) is 2. The molecule has 122 valence electrons. The number of anilines is 1. The summed E-state index contributed by atoms with van der Waals surface area (Å²) in [5.41, 5.74) is 1.32. The van der Waals surface area contributed by atoms with Crippen LogP contribution in [0.4, 0.5) is 6.01 Å². The van der Waals surface area contributed by atoms with E-state index in [4.69, 9.17) is 16.0 Å². The quantitative estimate of drug-likeness (QED) is 0.669. The molecule has 1 aromatic carbocycles. The average Bonchev–Trinajstić information content (AvgIpc) is 3.24. The predicted octanol–water partition coefficient (Wildman–Crippen LogP) is 4.05. The van der Waals surface area contributed by atoms with Gasteiger partial charge >= 0.3 is 6.01 Å². The number of ketones is 1. The minimum atomic E-state index is -0.363. The van der Waals surface area contributed by atoms with Gasteiger partial charge in [-0.2, -0.15) is 11.3 Å². The summed E-state index contributed by atoms with van der Waals surface area (Å²) in [4.78, 5) is 23.9. The molecule has 6 nitrogen and oxygen atoms in total. The van der Waals surface area contributed by atoms with Crippen molar-refractivity contribution in [1.82, 2.24) is 10.2 Å². The lowest BCUT2D eigenvalue weighted by molar-refractivity contribution is -0.116. The van der Waals surface area contributed by atoms with Gasteiger partial charge in [0.25, 0.3) is 5.89 Å². The predicted molar refractivity (Wildman–Crippen MR) is 91.3 cm³/mol. The molecule has 8 heteroatoms. The van der Waals surface area contributed by atoms with Crippen molar-refractivity contribution >= 4 is 40.6 Å². The molecule has 0 bridgehead atoms. The first-order valence-corrected chi connectivity index (χ1v) is 8.38. The summed E-state index contributed by atoms with van der Waals surface area (Å²) in [6.45, 7) is 0. The third-order valence-corrected chi connectivity index (χ3v) is 4.12. The Kier molecular flexibility index (Phi) is 5.02. The van der Waals surface area contributed by atoms with Crippen molar-refractivity contribution in [3.8, 4) is 11.5 Å². The SMILES string of the molecule is O=C(CCC(=O)c1ccc(Cl)cc1)Nc1nnc(-c2ccsc2)o1. The second-order valence-corrected chi connectivity index (χ2v) is 6.12. The van der Waals surface area contributed by atoms with E-state index in [9.17, 15) is 9.59 Å². The molecule has 3 rings (SSSR count). The summed E-state index contributed by atoms with van der Waals surface area (Å²) in [5.74, 6) is -0.159. The molecule has 2 heterocycles. The maximum Gasteiger partial charge on any atom is 0.322 e. The number of rotatable bonds is 6. The van der Waals surface area contributed by atoms with Crippen LogP contribution in [0.25, 0.3) is 11.5 Å². The molecule has 0 fully saturated rings. The third-order valence-electron chi connectivity index (χ3n) is 3.18. The van der Waals surface area contributed by atoms with E-state index in [0.29, 0.717) is 16.5 Å². The Morgan fingerprint density at radius 1 is 1.12 bits per heavy atom. The van der Waals surface area contributed by atoms with Gasteiger partial charge in [0, 0.05) is 34.4 Å². The van der Waals surface area contributed by atoms with Crippen molar-refractivity contribution < 1.29 is 14.0 Å². The van der Waals surface area contributed by atoms with Crippen molar-refractivity contribution in [1.29, 1.82) is 0 Å². The number of Topliss-reactive ketones (excluding diaryl/α,β-unsaturated/α-hetero) is 1. The van der Waals surface area contributed by atoms with E-state index >= 15 is 0 Å². The molecule has 0 radical (unpaired) electrons. The molecule has 0 saturated carbocycles. The van der Waals surface area contributed by atoms with Crippen molar-refractivity contribution in [3.05, 3.63) is 51.7 Å². The van der Waals surface area contributed by atoms with Crippen molar-refractivity contribution in [2.24, 2.45) is 0 Å². The highest BCUT2D eigenvalue weighted by atomic mass is 35.5. The van der Waals surface area contributed by atoms with Crippen LogP contribution in [0.2, 0.25) is 5.02 Å². The number of halogens is 1. The second kappa shape index (κ2) is 7.37. The van der Waals surface area contributed by atoms with Gasteiger partial charge < -0.3 is 4.42 Å². The van der Waals surface area contributed by atoms with Crippen LogP contribution in [-0.4, -0.2) is 21.9 Å². The standard InChI is InChI=1S/C16H12ClN3O3S/c17-12-3-1-10(2-4-12)13(21)5-6-14(22)18-16-20-19-15(23-16)11-7-8-24-9-11/h1-4,7-9H,5-6H2,(H,18,20,22). The molecular formula is C16H12ClN3O3S. The highest BCUT2D eigenvalue weighted by molar-refractivity contribution is 7.08. The number of aromatic nitrogens is 2. The topological polar surface area (TPSA) is 85.1 Å². The lowest BCUT2D eigenvalue weighted by Gasteiger charge is -2.01.